The molecule has 4 nitrogen and oxygen atoms in total. The van der Waals surface area contributed by atoms with Crippen LogP contribution in [0.25, 0.3) is 16.8 Å². The molecule has 124 valence electrons. The number of nitrogens with zero attached hydrogens (tertiary/aromatic N) is 1. The number of allylic oxidation sites excluding steroid dienone is 1. The number of benzene rings is 3. The predicted octanol–water partition coefficient (Wildman–Crippen LogP) is 4.70. The third kappa shape index (κ3) is 4.33. The molecule has 25 heavy (non-hydrogen) atoms. The van der Waals surface area contributed by atoms with Crippen molar-refractivity contribution in [3.05, 3.63) is 82.3 Å². The molecule has 0 aliphatic carbocycles. The fraction of sp³-hybridized carbons (Fsp3) is 0. The van der Waals surface area contributed by atoms with Crippen LogP contribution in [0.2, 0.25) is 0 Å². The third-order valence-corrected chi connectivity index (χ3v) is 4.00. The average Bonchev–Trinajstić information content (AvgIpc) is 2.61. The molecule has 0 radical (unpaired) electrons. The number of phenolic OH excluding ortho intramolecular Hbond substituents is 1. The van der Waals surface area contributed by atoms with E-state index in [0.717, 1.165) is 16.3 Å². The van der Waals surface area contributed by atoms with Crippen LogP contribution >= 0.6 is 15.9 Å². The van der Waals surface area contributed by atoms with Crippen molar-refractivity contribution >= 4 is 44.9 Å². The predicted molar refractivity (Wildman–Crippen MR) is 105 cm³/mol. The van der Waals surface area contributed by atoms with Crippen LogP contribution in [0.4, 0.5) is 0 Å². The van der Waals surface area contributed by atoms with Gasteiger partial charge in [0.05, 0.1) is 11.8 Å². The summed E-state index contributed by atoms with van der Waals surface area (Å²) in [5, 5.41) is 15.7. The van der Waals surface area contributed by atoms with Gasteiger partial charge in [-0.3, -0.25) is 4.79 Å². The number of fused-ring (bicyclic) bond motifs is 1. The first-order chi connectivity index (χ1) is 12.1. The minimum absolute atomic E-state index is 0.0784. The van der Waals surface area contributed by atoms with E-state index < -0.39 is 5.91 Å². The lowest BCUT2D eigenvalue weighted by Gasteiger charge is -2.05. The summed E-state index contributed by atoms with van der Waals surface area (Å²) >= 11 is 3.38. The van der Waals surface area contributed by atoms with Crippen molar-refractivity contribution in [2.75, 3.05) is 0 Å². The van der Waals surface area contributed by atoms with E-state index >= 15 is 0 Å². The van der Waals surface area contributed by atoms with Crippen LogP contribution in [0.3, 0.4) is 0 Å². The Bertz CT molecular complexity index is 966. The largest absolute Gasteiger partial charge is 0.507 e. The maximum atomic E-state index is 12.2. The van der Waals surface area contributed by atoms with Crippen LogP contribution in [0.1, 0.15) is 15.9 Å². The topological polar surface area (TPSA) is 61.7 Å². The number of hydrogen-bond acceptors (Lipinski definition) is 3. The second-order valence-electron chi connectivity index (χ2n) is 5.36. The molecule has 0 bridgehead atoms. The minimum atomic E-state index is -0.473. The zero-order chi connectivity index (χ0) is 17.6. The summed E-state index contributed by atoms with van der Waals surface area (Å²) in [5.41, 5.74) is 3.61. The van der Waals surface area contributed by atoms with Crippen LogP contribution in [-0.4, -0.2) is 17.2 Å². The highest BCUT2D eigenvalue weighted by molar-refractivity contribution is 9.12. The average molecular weight is 395 g/mol. The number of carbonyl (C=O) groups excluding carboxylic acids is 1. The van der Waals surface area contributed by atoms with Gasteiger partial charge in [0.15, 0.2) is 0 Å². The zero-order valence-corrected chi connectivity index (χ0v) is 14.8. The van der Waals surface area contributed by atoms with Crippen LogP contribution in [-0.2, 0) is 0 Å². The summed E-state index contributed by atoms with van der Waals surface area (Å²) in [4.78, 5) is 12.2. The van der Waals surface area contributed by atoms with E-state index in [9.17, 15) is 9.90 Å². The zero-order valence-electron chi connectivity index (χ0n) is 13.2. The van der Waals surface area contributed by atoms with Crippen molar-refractivity contribution in [1.29, 1.82) is 0 Å². The molecule has 3 rings (SSSR count). The molecule has 2 N–H and O–H groups in total. The summed E-state index contributed by atoms with van der Waals surface area (Å²) in [5.74, 6) is -0.551. The molecule has 0 aliphatic heterocycles. The fourth-order valence-electron chi connectivity index (χ4n) is 2.37. The second kappa shape index (κ2) is 7.77. The van der Waals surface area contributed by atoms with E-state index in [1.54, 1.807) is 12.1 Å². The lowest BCUT2D eigenvalue weighted by Crippen LogP contribution is -2.17. The number of aromatic hydroxyl groups is 1. The van der Waals surface area contributed by atoms with E-state index in [4.69, 9.17) is 0 Å². The van der Waals surface area contributed by atoms with Gasteiger partial charge in [-0.25, -0.2) is 5.43 Å². The van der Waals surface area contributed by atoms with Gasteiger partial charge in [-0.15, -0.1) is 0 Å². The number of phenols is 1. The summed E-state index contributed by atoms with van der Waals surface area (Å²) in [6.45, 7) is 0. The Morgan fingerprint density at radius 3 is 2.36 bits per heavy atom. The van der Waals surface area contributed by atoms with Gasteiger partial charge < -0.3 is 5.11 Å². The first-order valence-corrected chi connectivity index (χ1v) is 8.40. The van der Waals surface area contributed by atoms with Crippen molar-refractivity contribution in [2.24, 2.45) is 5.10 Å². The molecule has 0 aliphatic rings. The first kappa shape index (κ1) is 16.9. The second-order valence-corrected chi connectivity index (χ2v) is 6.27. The third-order valence-electron chi connectivity index (χ3n) is 3.57. The maximum Gasteiger partial charge on any atom is 0.275 e. The number of nitrogens with one attached hydrogen (secondary N) is 1. The van der Waals surface area contributed by atoms with Gasteiger partial charge >= 0.3 is 0 Å². The van der Waals surface area contributed by atoms with E-state index in [-0.39, 0.29) is 11.3 Å². The highest BCUT2D eigenvalue weighted by Crippen LogP contribution is 2.24. The van der Waals surface area contributed by atoms with Crippen molar-refractivity contribution in [3.8, 4) is 5.75 Å². The smallest absolute Gasteiger partial charge is 0.275 e. The van der Waals surface area contributed by atoms with Gasteiger partial charge in [-0.2, -0.15) is 5.10 Å². The number of hydrogen-bond donors (Lipinski definition) is 2. The standard InChI is InChI=1S/C20H15BrN2O2/c21-17(10-14-6-2-1-3-7-14)13-22-23-20(25)18-11-15-8-4-5-9-16(15)12-19(18)24/h1-13,24H,(H,23,25)/b17-10-,22-13+. The SMILES string of the molecule is O=C(N/N=C/C(Br)=C/c1ccccc1)c1cc2ccccc2cc1O. The number of hydrazone groups is 1. The van der Waals surface area contributed by atoms with Crippen LogP contribution in [0.15, 0.2) is 76.3 Å². The van der Waals surface area contributed by atoms with Crippen LogP contribution < -0.4 is 5.43 Å². The van der Waals surface area contributed by atoms with Crippen molar-refractivity contribution in [1.82, 2.24) is 5.43 Å². The lowest BCUT2D eigenvalue weighted by molar-refractivity contribution is 0.0952. The minimum Gasteiger partial charge on any atom is -0.507 e. The van der Waals surface area contributed by atoms with Crippen LogP contribution in [0.5, 0.6) is 5.75 Å². The number of rotatable bonds is 4. The molecule has 0 unspecified atom stereocenters. The Kier molecular flexibility index (Phi) is 5.26. The fourth-order valence-corrected chi connectivity index (χ4v) is 2.74. The van der Waals surface area contributed by atoms with Crippen molar-refractivity contribution < 1.29 is 9.90 Å². The number of carbonyl (C=O) groups is 1. The number of amides is 1. The van der Waals surface area contributed by atoms with Gasteiger partial charge in [0.2, 0.25) is 0 Å². The Balaban J connectivity index is 1.72. The van der Waals surface area contributed by atoms with E-state index in [1.807, 2.05) is 60.7 Å². The highest BCUT2D eigenvalue weighted by atomic mass is 79.9. The Morgan fingerprint density at radius 1 is 1.00 bits per heavy atom. The van der Waals surface area contributed by atoms with E-state index in [0.29, 0.717) is 4.48 Å². The van der Waals surface area contributed by atoms with Gasteiger partial charge in [0.1, 0.15) is 5.75 Å². The molecule has 0 atom stereocenters. The van der Waals surface area contributed by atoms with Crippen molar-refractivity contribution in [3.63, 3.8) is 0 Å². The Labute approximate surface area is 153 Å². The summed E-state index contributed by atoms with van der Waals surface area (Å²) < 4.78 is 0.710. The number of halogens is 1. The van der Waals surface area contributed by atoms with Gasteiger partial charge in [-0.05, 0) is 50.5 Å². The Hall–Kier alpha value is -2.92. The molecule has 0 fully saturated rings. The molecule has 0 spiro atoms. The molecular formula is C20H15BrN2O2. The van der Waals surface area contributed by atoms with Gasteiger partial charge in [-0.1, -0.05) is 54.6 Å². The summed E-state index contributed by atoms with van der Waals surface area (Å²) in [7, 11) is 0. The normalized spacial score (nSPS) is 11.8. The lowest BCUT2D eigenvalue weighted by atomic mass is 10.1. The highest BCUT2D eigenvalue weighted by Gasteiger charge is 2.11. The van der Waals surface area contributed by atoms with Gasteiger partial charge in [0.25, 0.3) is 5.91 Å². The first-order valence-electron chi connectivity index (χ1n) is 7.61. The molecule has 0 saturated heterocycles. The molecular weight excluding hydrogens is 380 g/mol. The molecule has 0 heterocycles. The Morgan fingerprint density at radius 2 is 1.64 bits per heavy atom. The molecule has 0 aromatic heterocycles. The molecule has 1 amide bonds. The molecule has 3 aromatic rings. The summed E-state index contributed by atoms with van der Waals surface area (Å²) in [6.07, 6.45) is 3.37. The molecule has 3 aromatic carbocycles. The van der Waals surface area contributed by atoms with Crippen LogP contribution in [0, 0.1) is 0 Å². The van der Waals surface area contributed by atoms with E-state index in [1.165, 1.54) is 6.21 Å². The summed E-state index contributed by atoms with van der Waals surface area (Å²) in [6, 6.07) is 20.5. The van der Waals surface area contributed by atoms with Crippen molar-refractivity contribution in [2.45, 2.75) is 0 Å². The van der Waals surface area contributed by atoms with E-state index in [2.05, 4.69) is 26.5 Å². The molecule has 5 heteroatoms. The van der Waals surface area contributed by atoms with Gasteiger partial charge in [0, 0.05) is 4.48 Å². The monoisotopic (exact) mass is 394 g/mol. The maximum absolute atomic E-state index is 12.2. The quantitative estimate of drug-likeness (QED) is 0.497. The molecule has 0 saturated carbocycles.